The Bertz CT molecular complexity index is 2070. The van der Waals surface area contributed by atoms with E-state index in [-0.39, 0.29) is 31.5 Å². The molecule has 1 aliphatic rings. The molecule has 0 aliphatic carbocycles. The van der Waals surface area contributed by atoms with Gasteiger partial charge in [0.15, 0.2) is 0 Å². The molecule has 3 aromatic carbocycles. The Morgan fingerprint density at radius 2 is 1.02 bits per heavy atom. The maximum atomic E-state index is 12.1. The number of benzene rings is 3. The van der Waals surface area contributed by atoms with Crippen molar-refractivity contribution < 1.29 is 40.2 Å². The van der Waals surface area contributed by atoms with Crippen molar-refractivity contribution in [3.05, 3.63) is 111 Å². The molecule has 0 saturated carbocycles. The van der Waals surface area contributed by atoms with Crippen LogP contribution in [-0.2, 0) is 19.4 Å². The highest BCUT2D eigenvalue weighted by molar-refractivity contribution is 7.88. The number of rotatable bonds is 6. The van der Waals surface area contributed by atoms with Gasteiger partial charge in [0.25, 0.3) is 0 Å². The molecule has 0 unspecified atom stereocenters. The van der Waals surface area contributed by atoms with Gasteiger partial charge >= 0.3 is 22.7 Å². The topological polar surface area (TPSA) is 174 Å². The number of hydrogen-bond acceptors (Lipinski definition) is 12. The van der Waals surface area contributed by atoms with Crippen LogP contribution in [0.25, 0.3) is 17.1 Å². The minimum atomic E-state index is -5.65. The molecule has 1 N–H and O–H groups in total. The van der Waals surface area contributed by atoms with Crippen molar-refractivity contribution in [2.45, 2.75) is 65.7 Å². The summed E-state index contributed by atoms with van der Waals surface area (Å²) < 4.78 is 78.5. The highest BCUT2D eigenvalue weighted by Gasteiger charge is 2.51. The lowest BCUT2D eigenvalue weighted by Gasteiger charge is -2.32. The third-order valence-electron chi connectivity index (χ3n) is 7.64. The molecule has 0 spiro atoms. The Kier molecular flexibility index (Phi) is 14.2. The molecular weight excluding hydrogens is 730 g/mol. The first-order valence-electron chi connectivity index (χ1n) is 16.0. The van der Waals surface area contributed by atoms with Crippen LogP contribution in [-0.4, -0.2) is 81.6 Å². The lowest BCUT2D eigenvalue weighted by Crippen LogP contribution is -2.41. The minimum Gasteiger partial charge on any atom is -0.508 e. The van der Waals surface area contributed by atoms with E-state index in [2.05, 4.69) is 62.1 Å². The molecule has 6 aromatic rings. The molecule has 288 valence electrons. The largest absolute Gasteiger partial charge is 0.534 e. The fourth-order valence-corrected chi connectivity index (χ4v) is 4.68. The zero-order chi connectivity index (χ0) is 38.9. The van der Waals surface area contributed by atoms with E-state index in [9.17, 15) is 21.6 Å². The van der Waals surface area contributed by atoms with Crippen LogP contribution in [0.3, 0.4) is 0 Å². The molecule has 7 rings (SSSR count). The molecule has 15 nitrogen and oxygen atoms in total. The van der Waals surface area contributed by atoms with Crippen molar-refractivity contribution in [1.29, 1.82) is 0 Å². The summed E-state index contributed by atoms with van der Waals surface area (Å²) in [5.41, 5.74) is -2.75. The molecule has 3 aromatic heterocycles. The number of phenols is 1. The summed E-state index contributed by atoms with van der Waals surface area (Å²) in [5.74, 6) is -0.194. The standard InChI is InChI=1S/C14H18BN3O2.C9H6F3N3O3S.C8H7N3O.C2H6.CH4/c1-13(2)14(3,4)20-15(19-13)11-5-7-12(8-6-11)18-10-16-9-17-18;10-9(11,12)19(16,17)18-8-3-1-7(2-4-8)15-6-13-5-14-15;12-8-3-1-7(2-4-8)11-6-9-5-10-11;1-2;/h5-10H,1-4H3;1-6H;1-6,12H;1-2H3;1H4. The second-order valence-corrected chi connectivity index (χ2v) is 13.2. The molecule has 0 atom stereocenters. The summed E-state index contributed by atoms with van der Waals surface area (Å²) in [6.07, 6.45) is 8.91. The number of alkyl halides is 3. The zero-order valence-corrected chi connectivity index (χ0v) is 30.3. The van der Waals surface area contributed by atoms with E-state index in [4.69, 9.17) is 14.4 Å². The molecule has 20 heteroatoms. The van der Waals surface area contributed by atoms with Crippen LogP contribution >= 0.6 is 0 Å². The van der Waals surface area contributed by atoms with E-state index in [1.165, 1.54) is 42.1 Å². The second-order valence-electron chi connectivity index (χ2n) is 11.7. The maximum Gasteiger partial charge on any atom is 0.534 e. The van der Waals surface area contributed by atoms with Gasteiger partial charge in [0.05, 0.1) is 28.3 Å². The second kappa shape index (κ2) is 18.0. The zero-order valence-electron chi connectivity index (χ0n) is 29.5. The fourth-order valence-electron chi connectivity index (χ4n) is 4.22. The van der Waals surface area contributed by atoms with Crippen LogP contribution in [0.2, 0.25) is 0 Å². The SMILES string of the molecule is C.CC.CC1(C)OB(c2ccc(-n3cncn3)cc2)OC1(C)C.O=S(=O)(Oc1ccc(-n2cncn2)cc1)C(F)(F)F.Oc1ccc(-n2cncn2)cc1. The van der Waals surface area contributed by atoms with Gasteiger partial charge in [-0.05, 0) is 93.8 Å². The first-order valence-corrected chi connectivity index (χ1v) is 17.4. The molecule has 4 heterocycles. The Morgan fingerprint density at radius 3 is 1.35 bits per heavy atom. The number of nitrogens with zero attached hydrogens (tertiary/aromatic N) is 9. The number of halogens is 3. The summed E-state index contributed by atoms with van der Waals surface area (Å²) in [5, 5.41) is 20.8. The van der Waals surface area contributed by atoms with Crippen LogP contribution < -0.4 is 9.65 Å². The van der Waals surface area contributed by atoms with E-state index >= 15 is 0 Å². The third-order valence-corrected chi connectivity index (χ3v) is 8.62. The van der Waals surface area contributed by atoms with E-state index in [0.717, 1.165) is 29.0 Å². The summed E-state index contributed by atoms with van der Waals surface area (Å²) in [4.78, 5) is 11.4. The summed E-state index contributed by atoms with van der Waals surface area (Å²) in [6.45, 7) is 12.2. The van der Waals surface area contributed by atoms with Gasteiger partial charge in [-0.1, -0.05) is 33.4 Å². The first-order chi connectivity index (χ1) is 25.0. The van der Waals surface area contributed by atoms with Crippen LogP contribution in [0.15, 0.2) is 111 Å². The van der Waals surface area contributed by atoms with Gasteiger partial charge in [-0.15, -0.1) is 0 Å². The van der Waals surface area contributed by atoms with Gasteiger partial charge in [0.1, 0.15) is 49.5 Å². The van der Waals surface area contributed by atoms with Crippen LogP contribution in [0.1, 0.15) is 49.0 Å². The molecule has 0 amide bonds. The number of hydrogen-bond donors (Lipinski definition) is 1. The highest BCUT2D eigenvalue weighted by atomic mass is 32.2. The molecule has 1 fully saturated rings. The van der Waals surface area contributed by atoms with Crippen LogP contribution in [0.4, 0.5) is 13.2 Å². The van der Waals surface area contributed by atoms with Crippen molar-refractivity contribution >= 4 is 22.7 Å². The van der Waals surface area contributed by atoms with E-state index in [1.807, 2.05) is 38.1 Å². The molecule has 1 aliphatic heterocycles. The molecule has 0 radical (unpaired) electrons. The van der Waals surface area contributed by atoms with Crippen molar-refractivity contribution in [3.63, 3.8) is 0 Å². The van der Waals surface area contributed by atoms with Gasteiger partial charge < -0.3 is 18.6 Å². The van der Waals surface area contributed by atoms with Gasteiger partial charge in [0.2, 0.25) is 0 Å². The van der Waals surface area contributed by atoms with Crippen LogP contribution in [0.5, 0.6) is 11.5 Å². The minimum absolute atomic E-state index is 0. The summed E-state index contributed by atoms with van der Waals surface area (Å²) >= 11 is 0. The Hall–Kier alpha value is -5.60. The summed E-state index contributed by atoms with van der Waals surface area (Å²) in [7, 11) is -5.98. The van der Waals surface area contributed by atoms with Crippen molar-refractivity contribution in [1.82, 2.24) is 44.3 Å². The fraction of sp³-hybridized carbons (Fsp3) is 0.294. The Balaban J connectivity index is 0.000000217. The predicted molar refractivity (Wildman–Crippen MR) is 195 cm³/mol. The quantitative estimate of drug-likeness (QED) is 0.125. The molecule has 1 saturated heterocycles. The van der Waals surface area contributed by atoms with E-state index in [1.54, 1.807) is 46.3 Å². The number of aromatic hydroxyl groups is 1. The Labute approximate surface area is 311 Å². The molecule has 54 heavy (non-hydrogen) atoms. The van der Waals surface area contributed by atoms with E-state index in [0.29, 0.717) is 5.69 Å². The molecule has 0 bridgehead atoms. The van der Waals surface area contributed by atoms with Crippen molar-refractivity contribution in [2.75, 3.05) is 0 Å². The van der Waals surface area contributed by atoms with Crippen molar-refractivity contribution in [3.8, 4) is 28.6 Å². The Morgan fingerprint density at radius 1 is 0.667 bits per heavy atom. The lowest BCUT2D eigenvalue weighted by molar-refractivity contribution is -0.0500. The molecular formula is C34H41BF3N9O6S. The predicted octanol–water partition coefficient (Wildman–Crippen LogP) is 5.70. The average molecular weight is 772 g/mol. The van der Waals surface area contributed by atoms with E-state index < -0.39 is 21.4 Å². The maximum absolute atomic E-state index is 12.1. The number of aromatic nitrogens is 9. The highest BCUT2D eigenvalue weighted by Crippen LogP contribution is 2.36. The first kappa shape index (κ1) is 42.8. The third kappa shape index (κ3) is 10.7. The van der Waals surface area contributed by atoms with Crippen molar-refractivity contribution in [2.24, 2.45) is 0 Å². The monoisotopic (exact) mass is 771 g/mol. The average Bonchev–Trinajstić information content (AvgIpc) is 3.96. The van der Waals surface area contributed by atoms with Gasteiger partial charge in [-0.2, -0.15) is 36.9 Å². The lowest BCUT2D eigenvalue weighted by atomic mass is 9.79. The smallest absolute Gasteiger partial charge is 0.508 e. The van der Waals surface area contributed by atoms with Gasteiger partial charge in [-0.3, -0.25) is 0 Å². The van der Waals surface area contributed by atoms with Gasteiger partial charge in [-0.25, -0.2) is 29.0 Å². The normalized spacial score (nSPS) is 14.2. The van der Waals surface area contributed by atoms with Gasteiger partial charge in [0, 0.05) is 0 Å². The number of phenolic OH excluding ortho intramolecular Hbond substituents is 1. The van der Waals surface area contributed by atoms with Crippen LogP contribution in [0, 0.1) is 0 Å². The summed E-state index contributed by atoms with van der Waals surface area (Å²) in [6, 6.07) is 19.6.